The number of H-pyrrole nitrogens is 1. The van der Waals surface area contributed by atoms with E-state index in [0.29, 0.717) is 23.7 Å². The lowest BCUT2D eigenvalue weighted by molar-refractivity contribution is -0.130. The molecule has 0 radical (unpaired) electrons. The second-order valence-electron chi connectivity index (χ2n) is 6.93. The average molecular weight is 435 g/mol. The number of carbonyl (C=O) groups is 1. The molecule has 4 aromatic rings. The summed E-state index contributed by atoms with van der Waals surface area (Å²) in [4.78, 5) is 31.2. The molecule has 1 aromatic carbocycles. The molecule has 10 heteroatoms. The van der Waals surface area contributed by atoms with Crippen molar-refractivity contribution in [2.75, 3.05) is 11.5 Å². The number of nitrogens with one attached hydrogen (secondary N) is 1. The molecule has 3 aromatic heterocycles. The predicted molar refractivity (Wildman–Crippen MR) is 116 cm³/mol. The van der Waals surface area contributed by atoms with Gasteiger partial charge in [-0.25, -0.2) is 9.99 Å². The van der Waals surface area contributed by atoms with Crippen molar-refractivity contribution >= 4 is 40.2 Å². The first-order chi connectivity index (χ1) is 15.1. The van der Waals surface area contributed by atoms with Crippen molar-refractivity contribution in [3.8, 4) is 0 Å². The maximum Gasteiger partial charge on any atom is 0.253 e. The highest BCUT2D eigenvalue weighted by Crippen LogP contribution is 2.35. The van der Waals surface area contributed by atoms with Crippen molar-refractivity contribution in [2.45, 2.75) is 17.6 Å². The van der Waals surface area contributed by atoms with Gasteiger partial charge < -0.3 is 19.6 Å². The maximum atomic E-state index is 13.0. The van der Waals surface area contributed by atoms with Crippen LogP contribution >= 0.6 is 11.8 Å². The van der Waals surface area contributed by atoms with E-state index >= 15 is 0 Å². The third kappa shape index (κ3) is 3.84. The Labute approximate surface area is 179 Å². The smallest absolute Gasteiger partial charge is 0.253 e. The van der Waals surface area contributed by atoms with Gasteiger partial charge in [-0.3, -0.25) is 9.59 Å². The van der Waals surface area contributed by atoms with Crippen molar-refractivity contribution in [1.29, 1.82) is 0 Å². The highest BCUT2D eigenvalue weighted by Gasteiger charge is 2.36. The Morgan fingerprint density at radius 1 is 1.26 bits per heavy atom. The summed E-state index contributed by atoms with van der Waals surface area (Å²) in [6.07, 6.45) is 2.02. The molecule has 0 saturated heterocycles. The summed E-state index contributed by atoms with van der Waals surface area (Å²) < 4.78 is 11.5. The van der Waals surface area contributed by atoms with Gasteiger partial charge in [0.1, 0.15) is 28.9 Å². The fourth-order valence-corrected chi connectivity index (χ4v) is 4.17. The van der Waals surface area contributed by atoms with Gasteiger partial charge in [0.05, 0.1) is 12.0 Å². The van der Waals surface area contributed by atoms with E-state index in [1.54, 1.807) is 12.3 Å². The zero-order valence-corrected chi connectivity index (χ0v) is 17.0. The SMILES string of the molecule is Nc1cc(=O)[nH]c(SCC(=O)N2N=C(c3cc4ccccc4o3)C[C@H]2c2ccco2)n1. The molecule has 4 heterocycles. The Hall–Kier alpha value is -3.79. The molecular weight excluding hydrogens is 418 g/mol. The van der Waals surface area contributed by atoms with E-state index in [0.717, 1.165) is 22.7 Å². The molecule has 0 unspecified atom stereocenters. The van der Waals surface area contributed by atoms with E-state index in [-0.39, 0.29) is 34.2 Å². The Bertz CT molecular complexity index is 1310. The summed E-state index contributed by atoms with van der Waals surface area (Å²) in [5, 5.41) is 7.19. The van der Waals surface area contributed by atoms with Crippen molar-refractivity contribution < 1.29 is 13.6 Å². The first kappa shape index (κ1) is 19.2. The zero-order chi connectivity index (χ0) is 21.4. The molecule has 1 aliphatic heterocycles. The molecule has 0 bridgehead atoms. The number of carbonyl (C=O) groups excluding carboxylic acids is 1. The van der Waals surface area contributed by atoms with Gasteiger partial charge in [0.15, 0.2) is 10.9 Å². The molecule has 0 spiro atoms. The van der Waals surface area contributed by atoms with Crippen LogP contribution in [0.1, 0.15) is 24.0 Å². The van der Waals surface area contributed by atoms with Crippen LogP contribution in [0, 0.1) is 0 Å². The summed E-state index contributed by atoms with van der Waals surface area (Å²) in [6.45, 7) is 0. The number of furan rings is 2. The fraction of sp³-hybridized carbons (Fsp3) is 0.143. The van der Waals surface area contributed by atoms with Crippen molar-refractivity contribution in [2.24, 2.45) is 5.10 Å². The van der Waals surface area contributed by atoms with Crippen molar-refractivity contribution in [1.82, 2.24) is 15.0 Å². The second-order valence-corrected chi connectivity index (χ2v) is 7.90. The van der Waals surface area contributed by atoms with E-state index in [4.69, 9.17) is 14.6 Å². The lowest BCUT2D eigenvalue weighted by Crippen LogP contribution is -2.28. The number of aromatic amines is 1. The lowest BCUT2D eigenvalue weighted by Gasteiger charge is -2.19. The number of hydrazone groups is 1. The summed E-state index contributed by atoms with van der Waals surface area (Å²) in [6, 6.07) is 14.0. The monoisotopic (exact) mass is 435 g/mol. The van der Waals surface area contributed by atoms with Gasteiger partial charge in [-0.2, -0.15) is 5.10 Å². The molecule has 5 rings (SSSR count). The number of thioether (sulfide) groups is 1. The summed E-state index contributed by atoms with van der Waals surface area (Å²) in [7, 11) is 0. The first-order valence-electron chi connectivity index (χ1n) is 9.48. The number of nitrogens with two attached hydrogens (primary N) is 1. The van der Waals surface area contributed by atoms with Crippen LogP contribution in [0.4, 0.5) is 5.82 Å². The van der Waals surface area contributed by atoms with Crippen LogP contribution in [0.2, 0.25) is 0 Å². The number of anilines is 1. The van der Waals surface area contributed by atoms with Gasteiger partial charge in [0.25, 0.3) is 11.5 Å². The van der Waals surface area contributed by atoms with Crippen LogP contribution in [-0.2, 0) is 4.79 Å². The van der Waals surface area contributed by atoms with E-state index in [1.807, 2.05) is 36.4 Å². The summed E-state index contributed by atoms with van der Waals surface area (Å²) >= 11 is 1.08. The van der Waals surface area contributed by atoms with Gasteiger partial charge in [-0.1, -0.05) is 30.0 Å². The summed E-state index contributed by atoms with van der Waals surface area (Å²) in [5.74, 6) is 1.09. The van der Waals surface area contributed by atoms with Crippen molar-refractivity contribution in [3.63, 3.8) is 0 Å². The van der Waals surface area contributed by atoms with Crippen LogP contribution in [0.5, 0.6) is 0 Å². The minimum Gasteiger partial charge on any atom is -0.467 e. The van der Waals surface area contributed by atoms with Crippen LogP contribution in [0.25, 0.3) is 11.0 Å². The number of para-hydroxylation sites is 1. The zero-order valence-electron chi connectivity index (χ0n) is 16.1. The average Bonchev–Trinajstić information content (AvgIpc) is 3.49. The molecule has 1 aliphatic rings. The molecule has 156 valence electrons. The first-order valence-corrected chi connectivity index (χ1v) is 10.5. The van der Waals surface area contributed by atoms with Gasteiger partial charge in [0.2, 0.25) is 0 Å². The number of fused-ring (bicyclic) bond motifs is 1. The van der Waals surface area contributed by atoms with Gasteiger partial charge in [0, 0.05) is 17.9 Å². The molecule has 0 saturated carbocycles. The van der Waals surface area contributed by atoms with Crippen LogP contribution in [-0.4, -0.2) is 32.3 Å². The number of rotatable bonds is 5. The largest absolute Gasteiger partial charge is 0.467 e. The lowest BCUT2D eigenvalue weighted by atomic mass is 10.1. The van der Waals surface area contributed by atoms with Crippen molar-refractivity contribution in [3.05, 3.63) is 76.7 Å². The van der Waals surface area contributed by atoms with Crippen LogP contribution < -0.4 is 11.3 Å². The molecule has 0 aliphatic carbocycles. The molecule has 1 atom stereocenters. The highest BCUT2D eigenvalue weighted by molar-refractivity contribution is 7.99. The third-order valence-corrected chi connectivity index (χ3v) is 5.68. The normalized spacial score (nSPS) is 16.1. The number of aromatic nitrogens is 2. The van der Waals surface area contributed by atoms with Gasteiger partial charge in [-0.15, -0.1) is 0 Å². The number of nitrogen functional groups attached to an aromatic ring is 1. The number of hydrogen-bond acceptors (Lipinski definition) is 8. The second kappa shape index (κ2) is 7.80. The van der Waals surface area contributed by atoms with Gasteiger partial charge in [-0.05, 0) is 24.3 Å². The molecule has 1 amide bonds. The Balaban J connectivity index is 1.41. The number of nitrogens with zero attached hydrogens (tertiary/aromatic N) is 3. The molecule has 31 heavy (non-hydrogen) atoms. The predicted octanol–water partition coefficient (Wildman–Crippen LogP) is 3.16. The molecule has 0 fully saturated rings. The molecular formula is C21H17N5O4S. The van der Waals surface area contributed by atoms with E-state index in [1.165, 1.54) is 11.1 Å². The summed E-state index contributed by atoms with van der Waals surface area (Å²) in [5.41, 5.74) is 6.65. The highest BCUT2D eigenvalue weighted by atomic mass is 32.2. The third-order valence-electron chi connectivity index (χ3n) is 4.82. The van der Waals surface area contributed by atoms with Crippen LogP contribution in [0.15, 0.2) is 78.7 Å². The topological polar surface area (TPSA) is 131 Å². The molecule has 3 N–H and O–H groups in total. The van der Waals surface area contributed by atoms with E-state index in [9.17, 15) is 9.59 Å². The minimum atomic E-state index is -0.390. The van der Waals surface area contributed by atoms with E-state index in [2.05, 4.69) is 15.1 Å². The van der Waals surface area contributed by atoms with E-state index < -0.39 is 0 Å². The quantitative estimate of drug-likeness (QED) is 0.364. The fourth-order valence-electron chi connectivity index (χ4n) is 3.43. The number of hydrogen-bond donors (Lipinski definition) is 2. The number of amides is 1. The number of benzene rings is 1. The standard InChI is InChI=1S/C21H17N5O4S/c22-18-10-19(27)24-21(23-18)31-11-20(28)26-14(16-6-3-7-29-16)9-13(25-26)17-8-12-4-1-2-5-15(12)30-17/h1-8,10,14H,9,11H2,(H3,22,23,24,27)/t14-/m0/s1. The molecule has 9 nitrogen and oxygen atoms in total. The Kier molecular flexibility index (Phi) is 4.83. The Morgan fingerprint density at radius 3 is 2.90 bits per heavy atom. The Morgan fingerprint density at radius 2 is 2.13 bits per heavy atom. The van der Waals surface area contributed by atoms with Crippen LogP contribution in [0.3, 0.4) is 0 Å². The van der Waals surface area contributed by atoms with Gasteiger partial charge >= 0.3 is 0 Å². The maximum absolute atomic E-state index is 13.0. The minimum absolute atomic E-state index is 0.0144.